The third-order valence-electron chi connectivity index (χ3n) is 2.89. The first-order chi connectivity index (χ1) is 8.56. The van der Waals surface area contributed by atoms with Gasteiger partial charge in [0.05, 0.1) is 18.2 Å². The van der Waals surface area contributed by atoms with Crippen LogP contribution in [-0.4, -0.2) is 28.4 Å². The molecular formula is C14H20N2O2. The van der Waals surface area contributed by atoms with Gasteiger partial charge in [-0.2, -0.15) is 0 Å². The first-order valence-electron chi connectivity index (χ1n) is 6.32. The van der Waals surface area contributed by atoms with E-state index < -0.39 is 0 Å². The van der Waals surface area contributed by atoms with Gasteiger partial charge in [-0.1, -0.05) is 18.2 Å². The predicted octanol–water partition coefficient (Wildman–Crippen LogP) is 2.71. The van der Waals surface area contributed by atoms with Gasteiger partial charge in [0.2, 0.25) is 0 Å². The fraction of sp³-hybridized carbons (Fsp3) is 0.500. The first-order valence-corrected chi connectivity index (χ1v) is 6.32. The van der Waals surface area contributed by atoms with Crippen molar-refractivity contribution in [3.8, 4) is 0 Å². The van der Waals surface area contributed by atoms with Crippen molar-refractivity contribution in [2.45, 2.75) is 45.4 Å². The summed E-state index contributed by atoms with van der Waals surface area (Å²) in [5.74, 6) is 0.579. The first kappa shape index (κ1) is 13.1. The van der Waals surface area contributed by atoms with Crippen LogP contribution in [0.3, 0.4) is 0 Å². The Bertz CT molecular complexity index is 432. The molecular weight excluding hydrogens is 228 g/mol. The van der Waals surface area contributed by atoms with Crippen LogP contribution in [0.15, 0.2) is 30.4 Å². The Morgan fingerprint density at radius 3 is 2.83 bits per heavy atom. The summed E-state index contributed by atoms with van der Waals surface area (Å²) in [5.41, 5.74) is 0.892. The highest BCUT2D eigenvalue weighted by molar-refractivity contribution is 5.39. The lowest BCUT2D eigenvalue weighted by Crippen LogP contribution is -2.31. The quantitative estimate of drug-likeness (QED) is 0.657. The van der Waals surface area contributed by atoms with Crippen LogP contribution in [0.25, 0.3) is 0 Å². The summed E-state index contributed by atoms with van der Waals surface area (Å²) in [5, 5.41) is 11.4. The number of anilines is 1. The van der Waals surface area contributed by atoms with Crippen LogP contribution in [0.2, 0.25) is 0 Å². The number of hydrogen-bond donors (Lipinski definition) is 1. The van der Waals surface area contributed by atoms with Crippen molar-refractivity contribution in [2.24, 2.45) is 0 Å². The standard InChI is InChI=1S/C14H20N2O2/c1-10(2)18-13-8-7-12(9-13)16(17)14-6-4-5-11(3)15-14/h4-8,10,12-13,17H,9H2,1-3H3/t12-,13-/m0/s1. The van der Waals surface area contributed by atoms with Crippen molar-refractivity contribution in [3.05, 3.63) is 36.0 Å². The highest BCUT2D eigenvalue weighted by atomic mass is 16.5. The molecule has 1 N–H and O–H groups in total. The van der Waals surface area contributed by atoms with Gasteiger partial charge in [-0.3, -0.25) is 5.21 Å². The Balaban J connectivity index is 2.00. The lowest BCUT2D eigenvalue weighted by atomic mass is 10.2. The molecule has 2 atom stereocenters. The maximum Gasteiger partial charge on any atom is 0.153 e. The third-order valence-corrected chi connectivity index (χ3v) is 2.89. The molecule has 18 heavy (non-hydrogen) atoms. The second-order valence-electron chi connectivity index (χ2n) is 4.89. The molecule has 4 heteroatoms. The van der Waals surface area contributed by atoms with E-state index >= 15 is 0 Å². The molecule has 0 saturated carbocycles. The maximum absolute atomic E-state index is 10.2. The van der Waals surface area contributed by atoms with Crippen LogP contribution in [0.1, 0.15) is 26.0 Å². The second-order valence-corrected chi connectivity index (χ2v) is 4.89. The maximum atomic E-state index is 10.2. The highest BCUT2D eigenvalue weighted by Crippen LogP contribution is 2.23. The van der Waals surface area contributed by atoms with E-state index in [1.54, 1.807) is 6.07 Å². The van der Waals surface area contributed by atoms with Gasteiger partial charge in [0.1, 0.15) is 0 Å². The molecule has 0 amide bonds. The monoisotopic (exact) mass is 248 g/mol. The molecule has 1 aromatic heterocycles. The summed E-state index contributed by atoms with van der Waals surface area (Å²) in [6.07, 6.45) is 5.00. The lowest BCUT2D eigenvalue weighted by molar-refractivity contribution is 0.0308. The number of aromatic nitrogens is 1. The molecule has 0 bridgehead atoms. The van der Waals surface area contributed by atoms with E-state index in [2.05, 4.69) is 4.98 Å². The molecule has 1 heterocycles. The summed E-state index contributed by atoms with van der Waals surface area (Å²) in [7, 11) is 0. The van der Waals surface area contributed by atoms with E-state index in [1.165, 1.54) is 5.06 Å². The topological polar surface area (TPSA) is 45.6 Å². The number of ether oxygens (including phenoxy) is 1. The molecule has 0 aliphatic heterocycles. The van der Waals surface area contributed by atoms with Gasteiger partial charge in [-0.25, -0.2) is 10.0 Å². The van der Waals surface area contributed by atoms with E-state index in [4.69, 9.17) is 4.74 Å². The summed E-state index contributed by atoms with van der Waals surface area (Å²) in [6.45, 7) is 5.94. The molecule has 0 unspecified atom stereocenters. The van der Waals surface area contributed by atoms with Gasteiger partial charge in [-0.05, 0) is 32.9 Å². The highest BCUT2D eigenvalue weighted by Gasteiger charge is 2.25. The average molecular weight is 248 g/mol. The molecule has 0 spiro atoms. The van der Waals surface area contributed by atoms with Gasteiger partial charge in [-0.15, -0.1) is 0 Å². The smallest absolute Gasteiger partial charge is 0.153 e. The van der Waals surface area contributed by atoms with Crippen molar-refractivity contribution in [2.75, 3.05) is 5.06 Å². The van der Waals surface area contributed by atoms with Crippen LogP contribution in [0.5, 0.6) is 0 Å². The molecule has 2 rings (SSSR count). The van der Waals surface area contributed by atoms with Crippen LogP contribution in [-0.2, 0) is 4.74 Å². The normalized spacial score (nSPS) is 22.7. The summed E-state index contributed by atoms with van der Waals surface area (Å²) in [6, 6.07) is 5.54. The largest absolute Gasteiger partial charge is 0.371 e. The third kappa shape index (κ3) is 3.09. The van der Waals surface area contributed by atoms with Crippen molar-refractivity contribution in [1.29, 1.82) is 0 Å². The van der Waals surface area contributed by atoms with Crippen molar-refractivity contribution < 1.29 is 9.94 Å². The van der Waals surface area contributed by atoms with Gasteiger partial charge >= 0.3 is 0 Å². The number of pyridine rings is 1. The molecule has 98 valence electrons. The Morgan fingerprint density at radius 2 is 2.17 bits per heavy atom. The zero-order valence-corrected chi connectivity index (χ0v) is 11.1. The number of hydroxylamine groups is 1. The van der Waals surface area contributed by atoms with Crippen molar-refractivity contribution in [1.82, 2.24) is 4.98 Å². The molecule has 0 saturated heterocycles. The number of aryl methyl sites for hydroxylation is 1. The number of rotatable bonds is 4. The molecule has 4 nitrogen and oxygen atoms in total. The summed E-state index contributed by atoms with van der Waals surface area (Å²) >= 11 is 0. The number of nitrogens with zero attached hydrogens (tertiary/aromatic N) is 2. The molecule has 0 radical (unpaired) electrons. The Kier molecular flexibility index (Phi) is 3.99. The lowest BCUT2D eigenvalue weighted by Gasteiger charge is -2.23. The zero-order valence-electron chi connectivity index (χ0n) is 11.1. The van der Waals surface area contributed by atoms with E-state index in [9.17, 15) is 5.21 Å². The minimum Gasteiger partial charge on any atom is -0.371 e. The number of hydrogen-bond acceptors (Lipinski definition) is 4. The van der Waals surface area contributed by atoms with Crippen molar-refractivity contribution >= 4 is 5.82 Å². The average Bonchev–Trinajstić information content (AvgIpc) is 2.75. The Morgan fingerprint density at radius 1 is 1.39 bits per heavy atom. The molecule has 1 aromatic rings. The molecule has 0 fully saturated rings. The predicted molar refractivity (Wildman–Crippen MR) is 70.8 cm³/mol. The molecule has 0 aromatic carbocycles. The van der Waals surface area contributed by atoms with Gasteiger partial charge < -0.3 is 4.74 Å². The fourth-order valence-corrected chi connectivity index (χ4v) is 2.11. The minimum atomic E-state index is -0.0666. The SMILES string of the molecule is Cc1cccc(N(O)[C@H]2C=C[C@H](OC(C)C)C2)n1. The van der Waals surface area contributed by atoms with E-state index in [1.807, 2.05) is 45.1 Å². The second kappa shape index (κ2) is 5.50. The van der Waals surface area contributed by atoms with E-state index in [-0.39, 0.29) is 18.2 Å². The van der Waals surface area contributed by atoms with Gasteiger partial charge in [0.15, 0.2) is 5.82 Å². The molecule has 1 aliphatic rings. The van der Waals surface area contributed by atoms with Gasteiger partial charge in [0, 0.05) is 12.1 Å². The van der Waals surface area contributed by atoms with Crippen LogP contribution in [0, 0.1) is 6.92 Å². The summed E-state index contributed by atoms with van der Waals surface area (Å²) in [4.78, 5) is 4.30. The van der Waals surface area contributed by atoms with Crippen LogP contribution >= 0.6 is 0 Å². The van der Waals surface area contributed by atoms with Gasteiger partial charge in [0.25, 0.3) is 0 Å². The Labute approximate surface area is 108 Å². The fourth-order valence-electron chi connectivity index (χ4n) is 2.11. The molecule has 1 aliphatic carbocycles. The van der Waals surface area contributed by atoms with Crippen LogP contribution in [0.4, 0.5) is 5.82 Å². The Hall–Kier alpha value is -1.39. The van der Waals surface area contributed by atoms with Crippen LogP contribution < -0.4 is 5.06 Å². The minimum absolute atomic E-state index is 0.0666. The van der Waals surface area contributed by atoms with E-state index in [0.717, 1.165) is 12.1 Å². The summed E-state index contributed by atoms with van der Waals surface area (Å²) < 4.78 is 5.71. The van der Waals surface area contributed by atoms with Crippen molar-refractivity contribution in [3.63, 3.8) is 0 Å². The zero-order chi connectivity index (χ0) is 13.1. The van der Waals surface area contributed by atoms with E-state index in [0.29, 0.717) is 5.82 Å².